The zero-order valence-electron chi connectivity index (χ0n) is 7.86. The lowest BCUT2D eigenvalue weighted by atomic mass is 10.1. The first-order chi connectivity index (χ1) is 6.88. The summed E-state index contributed by atoms with van der Waals surface area (Å²) < 4.78 is 0. The molecule has 0 aliphatic heterocycles. The molecule has 0 atom stereocenters. The summed E-state index contributed by atoms with van der Waals surface area (Å²) in [7, 11) is 0. The lowest BCUT2D eigenvalue weighted by Crippen LogP contribution is -1.75. The Morgan fingerprint density at radius 3 is 1.36 bits per heavy atom. The van der Waals surface area contributed by atoms with Crippen LogP contribution in [0.5, 0.6) is 0 Å². The number of halogens is 1. The van der Waals surface area contributed by atoms with E-state index >= 15 is 0 Å². The highest BCUT2D eigenvalue weighted by atomic mass is 79.9. The van der Waals surface area contributed by atoms with Crippen molar-refractivity contribution < 1.29 is 5.11 Å². The van der Waals surface area contributed by atoms with Gasteiger partial charge in [-0.1, -0.05) is 64.5 Å². The Morgan fingerprint density at radius 2 is 1.14 bits per heavy atom. The van der Waals surface area contributed by atoms with Crippen molar-refractivity contribution in [3.8, 4) is 0 Å². The molecule has 0 radical (unpaired) electrons. The molecule has 0 saturated heterocycles. The zero-order chi connectivity index (χ0) is 10.2. The fourth-order valence-electron chi connectivity index (χ4n) is 1.13. The quantitative estimate of drug-likeness (QED) is 0.773. The lowest BCUT2D eigenvalue weighted by Gasteiger charge is -1.92. The Hall–Kier alpha value is -0.860. The molecule has 0 amide bonds. The number of hydrogen-bond donors (Lipinski definition) is 1. The van der Waals surface area contributed by atoms with Gasteiger partial charge < -0.3 is 5.11 Å². The van der Waals surface area contributed by atoms with Crippen LogP contribution in [0.2, 0.25) is 0 Å². The number of rotatable bonds is 1. The van der Waals surface area contributed by atoms with E-state index in [1.165, 1.54) is 10.8 Å². The molecule has 0 heterocycles. The molecular weight excluding hydrogens is 240 g/mol. The minimum atomic E-state index is 0.236. The van der Waals surface area contributed by atoms with Gasteiger partial charge in [-0.3, -0.25) is 0 Å². The van der Waals surface area contributed by atoms with E-state index in [-0.39, 0.29) is 6.61 Å². The van der Waals surface area contributed by atoms with Gasteiger partial charge in [0.15, 0.2) is 0 Å². The predicted octanol–water partition coefficient (Wildman–Crippen LogP) is 3.21. The maximum Gasteiger partial charge on any atom is 0.0528 e. The summed E-state index contributed by atoms with van der Waals surface area (Å²) in [6, 6.07) is 16.7. The highest BCUT2D eigenvalue weighted by molar-refractivity contribution is 9.09. The van der Waals surface area contributed by atoms with Gasteiger partial charge >= 0.3 is 0 Å². The Labute approximate surface area is 92.5 Å². The molecule has 0 saturated carbocycles. The summed E-state index contributed by atoms with van der Waals surface area (Å²) in [5.41, 5.74) is 0. The number of aliphatic hydroxyl groups is 1. The highest BCUT2D eigenvalue weighted by Crippen LogP contribution is 2.11. The molecular formula is C12H13BrO. The maximum atomic E-state index is 7.83. The van der Waals surface area contributed by atoms with E-state index in [0.29, 0.717) is 5.33 Å². The summed E-state index contributed by atoms with van der Waals surface area (Å²) >= 11 is 3.00. The van der Waals surface area contributed by atoms with E-state index in [4.69, 9.17) is 5.11 Å². The van der Waals surface area contributed by atoms with Crippen LogP contribution in [0.1, 0.15) is 0 Å². The van der Waals surface area contributed by atoms with Crippen molar-refractivity contribution >= 4 is 26.7 Å². The van der Waals surface area contributed by atoms with Gasteiger partial charge in [0, 0.05) is 5.33 Å². The Balaban J connectivity index is 0.000000213. The molecule has 14 heavy (non-hydrogen) atoms. The van der Waals surface area contributed by atoms with Crippen molar-refractivity contribution in [1.82, 2.24) is 0 Å². The molecule has 2 aromatic carbocycles. The van der Waals surface area contributed by atoms with Crippen molar-refractivity contribution in [3.63, 3.8) is 0 Å². The van der Waals surface area contributed by atoms with E-state index in [9.17, 15) is 0 Å². The summed E-state index contributed by atoms with van der Waals surface area (Å²) in [5, 5.41) is 11.1. The first kappa shape index (κ1) is 11.2. The maximum absolute atomic E-state index is 7.83. The van der Waals surface area contributed by atoms with Crippen LogP contribution in [0, 0.1) is 0 Å². The van der Waals surface area contributed by atoms with Crippen molar-refractivity contribution in [2.75, 3.05) is 11.9 Å². The van der Waals surface area contributed by atoms with Crippen molar-refractivity contribution in [2.45, 2.75) is 0 Å². The molecule has 74 valence electrons. The molecule has 0 aromatic heterocycles. The Bertz CT molecular complexity index is 306. The molecule has 0 unspecified atom stereocenters. The summed E-state index contributed by atoms with van der Waals surface area (Å²) in [4.78, 5) is 0. The third kappa shape index (κ3) is 3.48. The average molecular weight is 253 g/mol. The van der Waals surface area contributed by atoms with Crippen molar-refractivity contribution in [3.05, 3.63) is 48.5 Å². The monoisotopic (exact) mass is 252 g/mol. The van der Waals surface area contributed by atoms with Gasteiger partial charge in [0.05, 0.1) is 6.61 Å². The van der Waals surface area contributed by atoms with Crippen LogP contribution < -0.4 is 0 Å². The van der Waals surface area contributed by atoms with E-state index in [2.05, 4.69) is 64.5 Å². The number of fused-ring (bicyclic) bond motifs is 1. The Morgan fingerprint density at radius 1 is 0.857 bits per heavy atom. The van der Waals surface area contributed by atoms with Crippen LogP contribution in [-0.4, -0.2) is 17.0 Å². The van der Waals surface area contributed by atoms with E-state index in [1.807, 2.05) is 0 Å². The van der Waals surface area contributed by atoms with Gasteiger partial charge in [-0.25, -0.2) is 0 Å². The first-order valence-corrected chi connectivity index (χ1v) is 5.61. The second-order valence-electron chi connectivity index (χ2n) is 2.76. The van der Waals surface area contributed by atoms with Crippen LogP contribution in [0.3, 0.4) is 0 Å². The molecule has 2 rings (SSSR count). The second-order valence-corrected chi connectivity index (χ2v) is 3.55. The van der Waals surface area contributed by atoms with Crippen LogP contribution in [0.25, 0.3) is 10.8 Å². The average Bonchev–Trinajstić information content (AvgIpc) is 2.30. The fourth-order valence-corrected chi connectivity index (χ4v) is 1.13. The third-order valence-corrected chi connectivity index (χ3v) is 2.10. The minimum absolute atomic E-state index is 0.236. The van der Waals surface area contributed by atoms with Gasteiger partial charge in [-0.05, 0) is 10.8 Å². The molecule has 0 bridgehead atoms. The van der Waals surface area contributed by atoms with E-state index < -0.39 is 0 Å². The highest BCUT2D eigenvalue weighted by Gasteiger charge is 1.85. The standard InChI is InChI=1S/C10H8.C2H5BrO/c1-2-6-10-8-4-3-7-9(10)5-1;3-1-2-4/h1-8H;4H,1-2H2. The van der Waals surface area contributed by atoms with Gasteiger partial charge in [0.1, 0.15) is 0 Å². The third-order valence-electron chi connectivity index (χ3n) is 1.74. The summed E-state index contributed by atoms with van der Waals surface area (Å²) in [5.74, 6) is 0. The van der Waals surface area contributed by atoms with E-state index in [1.54, 1.807) is 0 Å². The number of benzene rings is 2. The molecule has 1 N–H and O–H groups in total. The predicted molar refractivity (Wildman–Crippen MR) is 64.8 cm³/mol. The molecule has 0 aliphatic rings. The summed E-state index contributed by atoms with van der Waals surface area (Å²) in [6.45, 7) is 0.236. The van der Waals surface area contributed by atoms with Crippen LogP contribution in [-0.2, 0) is 0 Å². The SMILES string of the molecule is OCCBr.c1ccc2ccccc2c1. The summed E-state index contributed by atoms with van der Waals surface area (Å²) in [6.07, 6.45) is 0. The first-order valence-electron chi connectivity index (χ1n) is 4.49. The van der Waals surface area contributed by atoms with Gasteiger partial charge in [0.2, 0.25) is 0 Å². The topological polar surface area (TPSA) is 20.2 Å². The normalized spacial score (nSPS) is 9.29. The largest absolute Gasteiger partial charge is 0.396 e. The van der Waals surface area contributed by atoms with Gasteiger partial charge in [-0.15, -0.1) is 0 Å². The zero-order valence-corrected chi connectivity index (χ0v) is 9.44. The molecule has 2 heteroatoms. The number of alkyl halides is 1. The van der Waals surface area contributed by atoms with Gasteiger partial charge in [0.25, 0.3) is 0 Å². The van der Waals surface area contributed by atoms with Crippen LogP contribution in [0.4, 0.5) is 0 Å². The number of aliphatic hydroxyl groups excluding tert-OH is 1. The van der Waals surface area contributed by atoms with Crippen LogP contribution >= 0.6 is 15.9 Å². The molecule has 1 nitrogen and oxygen atoms in total. The second kappa shape index (κ2) is 6.57. The molecule has 2 aromatic rings. The number of hydrogen-bond acceptors (Lipinski definition) is 1. The van der Waals surface area contributed by atoms with Crippen molar-refractivity contribution in [2.24, 2.45) is 0 Å². The van der Waals surface area contributed by atoms with Crippen molar-refractivity contribution in [1.29, 1.82) is 0 Å². The van der Waals surface area contributed by atoms with Gasteiger partial charge in [-0.2, -0.15) is 0 Å². The van der Waals surface area contributed by atoms with Crippen LogP contribution in [0.15, 0.2) is 48.5 Å². The minimum Gasteiger partial charge on any atom is -0.396 e. The molecule has 0 spiro atoms. The lowest BCUT2D eigenvalue weighted by molar-refractivity contribution is 0.324. The van der Waals surface area contributed by atoms with E-state index in [0.717, 1.165) is 0 Å². The fraction of sp³-hybridized carbons (Fsp3) is 0.167. The molecule has 0 aliphatic carbocycles. The Kier molecular flexibility index (Phi) is 5.27. The molecule has 0 fully saturated rings. The smallest absolute Gasteiger partial charge is 0.0528 e.